The van der Waals surface area contributed by atoms with Crippen LogP contribution in [0.3, 0.4) is 0 Å². The Bertz CT molecular complexity index is 405. The first-order chi connectivity index (χ1) is 9.80. The molecule has 21 heavy (non-hydrogen) atoms. The molecule has 2 saturated heterocycles. The molecule has 2 heterocycles. The van der Waals surface area contributed by atoms with Crippen molar-refractivity contribution in [1.82, 2.24) is 9.80 Å². The maximum absolute atomic E-state index is 12.2. The molecule has 6 heteroatoms. The number of likely N-dealkylation sites (tertiary alicyclic amines) is 2. The molecule has 2 N–H and O–H groups in total. The number of nitrogens with zero attached hydrogens (tertiary/aromatic N) is 2. The van der Waals surface area contributed by atoms with Gasteiger partial charge in [-0.1, -0.05) is 0 Å². The van der Waals surface area contributed by atoms with Crippen molar-refractivity contribution in [2.24, 2.45) is 11.7 Å². The van der Waals surface area contributed by atoms with Crippen LogP contribution >= 0.6 is 0 Å². The Hall–Kier alpha value is -1.30. The van der Waals surface area contributed by atoms with E-state index >= 15 is 0 Å². The van der Waals surface area contributed by atoms with Crippen LogP contribution in [-0.2, 0) is 9.53 Å². The second-order valence-corrected chi connectivity index (χ2v) is 7.07. The number of hydrogen-bond acceptors (Lipinski definition) is 4. The van der Waals surface area contributed by atoms with Gasteiger partial charge in [-0.05, 0) is 46.1 Å². The molecule has 6 nitrogen and oxygen atoms in total. The van der Waals surface area contributed by atoms with Crippen LogP contribution in [0.4, 0.5) is 4.79 Å². The highest BCUT2D eigenvalue weighted by Crippen LogP contribution is 2.24. The van der Waals surface area contributed by atoms with Gasteiger partial charge in [0.1, 0.15) is 5.60 Å². The van der Waals surface area contributed by atoms with Gasteiger partial charge >= 0.3 is 6.09 Å². The summed E-state index contributed by atoms with van der Waals surface area (Å²) in [5, 5.41) is 0. The molecule has 0 aromatic heterocycles. The fourth-order valence-electron chi connectivity index (χ4n) is 3.03. The lowest BCUT2D eigenvalue weighted by atomic mass is 10.1. The molecule has 2 aliphatic heterocycles. The van der Waals surface area contributed by atoms with E-state index in [1.165, 1.54) is 0 Å². The quantitative estimate of drug-likeness (QED) is 0.849. The Morgan fingerprint density at radius 1 is 1.43 bits per heavy atom. The number of carbonyl (C=O) groups excluding carboxylic acids is 2. The second-order valence-electron chi connectivity index (χ2n) is 7.07. The summed E-state index contributed by atoms with van der Waals surface area (Å²) in [5.41, 5.74) is 5.16. The molecular weight excluding hydrogens is 270 g/mol. The average molecular weight is 297 g/mol. The van der Waals surface area contributed by atoms with Crippen LogP contribution in [0.15, 0.2) is 0 Å². The smallest absolute Gasteiger partial charge is 0.410 e. The fourth-order valence-corrected chi connectivity index (χ4v) is 3.03. The highest BCUT2D eigenvalue weighted by molar-refractivity contribution is 5.78. The zero-order valence-corrected chi connectivity index (χ0v) is 13.3. The third-order valence-electron chi connectivity index (χ3n) is 4.06. The maximum atomic E-state index is 12.2. The van der Waals surface area contributed by atoms with E-state index in [1.54, 1.807) is 4.90 Å². The van der Waals surface area contributed by atoms with E-state index < -0.39 is 5.60 Å². The molecular formula is C15H27N3O3. The van der Waals surface area contributed by atoms with E-state index in [4.69, 9.17) is 10.5 Å². The summed E-state index contributed by atoms with van der Waals surface area (Å²) in [5.74, 6) is 0.412. The molecule has 2 rings (SSSR count). The van der Waals surface area contributed by atoms with E-state index in [0.29, 0.717) is 32.6 Å². The number of amides is 2. The molecule has 0 aromatic carbocycles. The fraction of sp³-hybridized carbons (Fsp3) is 0.867. The topological polar surface area (TPSA) is 75.9 Å². The van der Waals surface area contributed by atoms with E-state index in [2.05, 4.69) is 0 Å². The molecule has 2 amide bonds. The Labute approximate surface area is 126 Å². The van der Waals surface area contributed by atoms with Crippen molar-refractivity contribution in [3.05, 3.63) is 0 Å². The van der Waals surface area contributed by atoms with Gasteiger partial charge in [-0.2, -0.15) is 0 Å². The Kier molecular flexibility index (Phi) is 4.76. The van der Waals surface area contributed by atoms with Gasteiger partial charge in [0.25, 0.3) is 0 Å². The lowest BCUT2D eigenvalue weighted by molar-refractivity contribution is -0.128. The van der Waals surface area contributed by atoms with Crippen LogP contribution in [0.1, 0.15) is 40.0 Å². The van der Waals surface area contributed by atoms with Crippen molar-refractivity contribution in [1.29, 1.82) is 0 Å². The summed E-state index contributed by atoms with van der Waals surface area (Å²) in [4.78, 5) is 27.8. The molecule has 0 saturated carbocycles. The normalized spacial score (nSPS) is 26.6. The molecule has 0 aliphatic carbocycles. The molecule has 0 aromatic rings. The summed E-state index contributed by atoms with van der Waals surface area (Å²) in [7, 11) is 0. The molecule has 0 spiro atoms. The molecule has 2 aliphatic rings. The molecule has 1 unspecified atom stereocenters. The molecule has 120 valence electrons. The summed E-state index contributed by atoms with van der Waals surface area (Å²) < 4.78 is 5.45. The maximum Gasteiger partial charge on any atom is 0.410 e. The van der Waals surface area contributed by atoms with Crippen LogP contribution in [0.25, 0.3) is 0 Å². The zero-order valence-electron chi connectivity index (χ0n) is 13.3. The van der Waals surface area contributed by atoms with E-state index in [9.17, 15) is 9.59 Å². The van der Waals surface area contributed by atoms with E-state index in [0.717, 1.165) is 12.8 Å². The van der Waals surface area contributed by atoms with Gasteiger partial charge in [-0.3, -0.25) is 4.79 Å². The average Bonchev–Trinajstić information content (AvgIpc) is 2.95. The molecule has 2 atom stereocenters. The Balaban J connectivity index is 1.93. The van der Waals surface area contributed by atoms with Crippen molar-refractivity contribution in [3.8, 4) is 0 Å². The SMILES string of the molecule is CC(C)(C)OC(=O)N1CCC[C@H]1CN1CC(CN)CC1=O. The first-order valence-corrected chi connectivity index (χ1v) is 7.77. The molecule has 2 fully saturated rings. The standard InChI is InChI=1S/C15H27N3O3/c1-15(2,3)21-14(20)18-6-4-5-12(18)10-17-9-11(8-16)7-13(17)19/h11-12H,4-10,16H2,1-3H3/t11?,12-/m0/s1. The summed E-state index contributed by atoms with van der Waals surface area (Å²) in [6, 6.07) is 0.0697. The Morgan fingerprint density at radius 2 is 2.14 bits per heavy atom. The predicted molar refractivity (Wildman–Crippen MR) is 79.7 cm³/mol. The number of rotatable bonds is 3. The number of hydrogen-bond donors (Lipinski definition) is 1. The van der Waals surface area contributed by atoms with Gasteiger partial charge in [-0.15, -0.1) is 0 Å². The highest BCUT2D eigenvalue weighted by atomic mass is 16.6. The van der Waals surface area contributed by atoms with Crippen molar-refractivity contribution in [2.45, 2.75) is 51.7 Å². The lowest BCUT2D eigenvalue weighted by Gasteiger charge is -2.31. The van der Waals surface area contributed by atoms with Crippen LogP contribution in [-0.4, -0.2) is 59.6 Å². The van der Waals surface area contributed by atoms with Gasteiger partial charge in [0.05, 0.1) is 6.04 Å². The van der Waals surface area contributed by atoms with Crippen LogP contribution in [0.5, 0.6) is 0 Å². The van der Waals surface area contributed by atoms with Gasteiger partial charge in [0, 0.05) is 26.1 Å². The minimum atomic E-state index is -0.488. The highest BCUT2D eigenvalue weighted by Gasteiger charge is 2.36. The zero-order chi connectivity index (χ0) is 15.6. The predicted octanol–water partition coefficient (Wildman–Crippen LogP) is 1.19. The third kappa shape index (κ3) is 4.09. The Morgan fingerprint density at radius 3 is 2.71 bits per heavy atom. The van der Waals surface area contributed by atoms with Crippen LogP contribution in [0, 0.1) is 5.92 Å². The van der Waals surface area contributed by atoms with Crippen molar-refractivity contribution in [3.63, 3.8) is 0 Å². The molecule has 0 bridgehead atoms. The second kappa shape index (κ2) is 6.22. The lowest BCUT2D eigenvalue weighted by Crippen LogP contribution is -2.45. The van der Waals surface area contributed by atoms with Crippen molar-refractivity contribution < 1.29 is 14.3 Å². The van der Waals surface area contributed by atoms with Crippen molar-refractivity contribution >= 4 is 12.0 Å². The number of nitrogens with two attached hydrogens (primary N) is 1. The summed E-state index contributed by atoms with van der Waals surface area (Å²) >= 11 is 0. The number of carbonyl (C=O) groups is 2. The van der Waals surface area contributed by atoms with Gasteiger partial charge < -0.3 is 20.3 Å². The molecule has 0 radical (unpaired) electrons. The largest absolute Gasteiger partial charge is 0.444 e. The van der Waals surface area contributed by atoms with E-state index in [-0.39, 0.29) is 24.0 Å². The first kappa shape index (κ1) is 16.1. The summed E-state index contributed by atoms with van der Waals surface area (Å²) in [6.07, 6.45) is 2.16. The van der Waals surface area contributed by atoms with Gasteiger partial charge in [-0.25, -0.2) is 4.79 Å². The van der Waals surface area contributed by atoms with Gasteiger partial charge in [0.15, 0.2) is 0 Å². The summed E-state index contributed by atoms with van der Waals surface area (Å²) in [6.45, 7) is 8.18. The monoisotopic (exact) mass is 297 g/mol. The van der Waals surface area contributed by atoms with Gasteiger partial charge in [0.2, 0.25) is 5.91 Å². The number of ether oxygens (including phenoxy) is 1. The van der Waals surface area contributed by atoms with Crippen molar-refractivity contribution in [2.75, 3.05) is 26.2 Å². The first-order valence-electron chi connectivity index (χ1n) is 7.77. The van der Waals surface area contributed by atoms with E-state index in [1.807, 2.05) is 25.7 Å². The van der Waals surface area contributed by atoms with Crippen LogP contribution < -0.4 is 5.73 Å². The third-order valence-corrected chi connectivity index (χ3v) is 4.06. The minimum Gasteiger partial charge on any atom is -0.444 e. The minimum absolute atomic E-state index is 0.0697. The van der Waals surface area contributed by atoms with Crippen LogP contribution in [0.2, 0.25) is 0 Å².